The first-order valence-corrected chi connectivity index (χ1v) is 10.1. The van der Waals surface area contributed by atoms with Gasteiger partial charge in [-0.1, -0.05) is 24.3 Å². The number of hydrogen-bond donors (Lipinski definition) is 3. The van der Waals surface area contributed by atoms with Gasteiger partial charge in [0.05, 0.1) is 21.7 Å². The predicted octanol–water partition coefficient (Wildman–Crippen LogP) is 3.03. The zero-order valence-electron chi connectivity index (χ0n) is 15.4. The summed E-state index contributed by atoms with van der Waals surface area (Å²) in [4.78, 5) is 27.0. The van der Waals surface area contributed by atoms with Crippen molar-refractivity contribution in [1.82, 2.24) is 10.3 Å². The molecule has 3 aromatic rings. The first-order valence-electron chi connectivity index (χ1n) is 8.51. The van der Waals surface area contributed by atoms with Gasteiger partial charge in [-0.25, -0.2) is 13.4 Å². The van der Waals surface area contributed by atoms with Crippen molar-refractivity contribution in [2.45, 2.75) is 4.90 Å². The molecule has 0 aliphatic carbocycles. The number of methoxy groups -OCH3 is 1. The lowest BCUT2D eigenvalue weighted by Gasteiger charge is -2.06. The van der Waals surface area contributed by atoms with E-state index in [-0.39, 0.29) is 22.8 Å². The summed E-state index contributed by atoms with van der Waals surface area (Å²) < 4.78 is 38.9. The summed E-state index contributed by atoms with van der Waals surface area (Å²) in [5.74, 6) is -1.34. The Hall–Kier alpha value is -3.46. The first kappa shape index (κ1) is 20.3. The fourth-order valence-electron chi connectivity index (χ4n) is 2.66. The first-order chi connectivity index (χ1) is 13.8. The highest BCUT2D eigenvalue weighted by Gasteiger charge is 2.12. The second-order valence-electron chi connectivity index (χ2n) is 6.08. The fraction of sp³-hybridized carbons (Fsp3) is 0.100. The van der Waals surface area contributed by atoms with Crippen LogP contribution in [-0.2, 0) is 9.73 Å². The second-order valence-corrected chi connectivity index (χ2v) is 8.02. The van der Waals surface area contributed by atoms with Gasteiger partial charge in [0.25, 0.3) is 11.5 Å². The molecule has 0 saturated carbocycles. The lowest BCUT2D eigenvalue weighted by Crippen LogP contribution is -2.29. The van der Waals surface area contributed by atoms with E-state index in [4.69, 9.17) is 9.52 Å². The third kappa shape index (κ3) is 4.52. The van der Waals surface area contributed by atoms with Crippen LogP contribution < -0.4 is 15.6 Å². The summed E-state index contributed by atoms with van der Waals surface area (Å²) in [6, 6.07) is 12.2. The summed E-state index contributed by atoms with van der Waals surface area (Å²) in [6.45, 7) is -0.0559. The van der Waals surface area contributed by atoms with E-state index in [0.29, 0.717) is 10.9 Å². The number of fused-ring (bicyclic) bond motifs is 1. The normalized spacial score (nSPS) is 13.3. The minimum absolute atomic E-state index is 0.0131. The molecule has 9 heteroatoms. The molecule has 1 aromatic heterocycles. The molecule has 1 unspecified atom stereocenters. The number of pyridine rings is 1. The largest absolute Gasteiger partial charge is 0.494 e. The molecule has 0 spiro atoms. The number of benzene rings is 2. The van der Waals surface area contributed by atoms with Crippen molar-refractivity contribution in [3.63, 3.8) is 0 Å². The maximum Gasteiger partial charge on any atom is 0.261 e. The van der Waals surface area contributed by atoms with Gasteiger partial charge in [0.2, 0.25) is 0 Å². The summed E-state index contributed by atoms with van der Waals surface area (Å²) in [5, 5.41) is 4.30. The van der Waals surface area contributed by atoms with Gasteiger partial charge in [0.15, 0.2) is 11.6 Å². The average molecular weight is 415 g/mol. The van der Waals surface area contributed by atoms with Crippen LogP contribution in [0.5, 0.6) is 5.75 Å². The molecular weight excluding hydrogens is 397 g/mol. The molecule has 1 atom stereocenters. The van der Waals surface area contributed by atoms with Crippen LogP contribution in [-0.4, -0.2) is 28.8 Å². The fourth-order valence-corrected chi connectivity index (χ4v) is 3.73. The van der Waals surface area contributed by atoms with Crippen LogP contribution in [0.15, 0.2) is 69.7 Å². The van der Waals surface area contributed by atoms with Crippen LogP contribution in [0.4, 0.5) is 4.39 Å². The van der Waals surface area contributed by atoms with Gasteiger partial charge in [-0.3, -0.25) is 9.59 Å². The van der Waals surface area contributed by atoms with Crippen LogP contribution in [0.2, 0.25) is 0 Å². The zero-order chi connectivity index (χ0) is 21.0. The molecule has 0 fully saturated rings. The third-order valence-electron chi connectivity index (χ3n) is 4.14. The number of aromatic nitrogens is 1. The maximum absolute atomic E-state index is 13.8. The molecule has 2 aromatic carbocycles. The molecule has 0 saturated heterocycles. The van der Waals surface area contributed by atoms with Crippen LogP contribution in [0.3, 0.4) is 0 Å². The van der Waals surface area contributed by atoms with Crippen molar-refractivity contribution in [1.29, 1.82) is 4.78 Å². The van der Waals surface area contributed by atoms with Crippen LogP contribution in [0, 0.1) is 10.6 Å². The summed E-state index contributed by atoms with van der Waals surface area (Å²) in [7, 11) is -2.10. The van der Waals surface area contributed by atoms with Gasteiger partial charge in [-0.15, -0.1) is 0 Å². The number of hydrogen-bond acceptors (Lipinski definition) is 5. The van der Waals surface area contributed by atoms with E-state index >= 15 is 0 Å². The monoisotopic (exact) mass is 415 g/mol. The van der Waals surface area contributed by atoms with Crippen molar-refractivity contribution in [2.24, 2.45) is 0 Å². The molecular formula is C20H18FN3O4S. The minimum atomic E-state index is -3.40. The predicted molar refractivity (Wildman–Crippen MR) is 108 cm³/mol. The van der Waals surface area contributed by atoms with Crippen molar-refractivity contribution < 1.29 is 18.1 Å². The number of carbonyl (C=O) groups is 1. The second kappa shape index (κ2) is 8.27. The Balaban J connectivity index is 1.69. The molecule has 1 heterocycles. The molecule has 29 heavy (non-hydrogen) atoms. The van der Waals surface area contributed by atoms with E-state index in [1.807, 2.05) is 0 Å². The van der Waals surface area contributed by atoms with Crippen LogP contribution >= 0.6 is 0 Å². The van der Waals surface area contributed by atoms with Gasteiger partial charge >= 0.3 is 0 Å². The van der Waals surface area contributed by atoms with Gasteiger partial charge in [-0.05, 0) is 35.7 Å². The highest BCUT2D eigenvalue weighted by molar-refractivity contribution is 7.95. The highest BCUT2D eigenvalue weighted by Crippen LogP contribution is 2.22. The Kier molecular flexibility index (Phi) is 5.79. The summed E-state index contributed by atoms with van der Waals surface area (Å²) in [5.41, 5.74) is 0.0405. The molecule has 1 amide bonds. The maximum atomic E-state index is 13.8. The quantitative estimate of drug-likeness (QED) is 0.574. The number of ether oxygens (including phenoxy) is 1. The number of carbonyl (C=O) groups excluding carboxylic acids is 1. The Morgan fingerprint density at radius 3 is 2.76 bits per heavy atom. The lowest BCUT2D eigenvalue weighted by atomic mass is 10.1. The van der Waals surface area contributed by atoms with Crippen LogP contribution in [0.1, 0.15) is 10.4 Å². The zero-order valence-corrected chi connectivity index (χ0v) is 16.2. The number of rotatable bonds is 6. The van der Waals surface area contributed by atoms with Crippen molar-refractivity contribution in [2.75, 3.05) is 13.7 Å². The lowest BCUT2D eigenvalue weighted by molar-refractivity contribution is 0.0956. The minimum Gasteiger partial charge on any atom is -0.494 e. The van der Waals surface area contributed by atoms with E-state index < -0.39 is 27.0 Å². The van der Waals surface area contributed by atoms with E-state index in [1.165, 1.54) is 31.4 Å². The molecule has 0 bridgehead atoms. The molecule has 3 N–H and O–H groups in total. The van der Waals surface area contributed by atoms with Gasteiger partial charge in [0.1, 0.15) is 5.56 Å². The Morgan fingerprint density at radius 1 is 1.28 bits per heavy atom. The molecule has 150 valence electrons. The molecule has 0 aliphatic heterocycles. The van der Waals surface area contributed by atoms with Crippen molar-refractivity contribution in [3.8, 4) is 5.75 Å². The van der Waals surface area contributed by atoms with Crippen LogP contribution in [0.25, 0.3) is 10.9 Å². The molecule has 0 aliphatic rings. The van der Waals surface area contributed by atoms with E-state index in [1.54, 1.807) is 24.3 Å². The SMILES string of the molecule is COc1ccc(S(=N)(=O)/C=C/CNC(=O)c2cc3ccccc3[nH]c2=O)cc1F. The Labute approximate surface area is 166 Å². The number of para-hydroxylation sites is 1. The Bertz CT molecular complexity index is 1270. The van der Waals surface area contributed by atoms with E-state index in [0.717, 1.165) is 11.5 Å². The summed E-state index contributed by atoms with van der Waals surface area (Å²) >= 11 is 0. The third-order valence-corrected chi connectivity index (χ3v) is 5.67. The average Bonchev–Trinajstić information content (AvgIpc) is 2.70. The molecule has 0 radical (unpaired) electrons. The number of H-pyrrole nitrogens is 1. The Morgan fingerprint density at radius 2 is 2.03 bits per heavy atom. The van der Waals surface area contributed by atoms with Gasteiger partial charge in [-0.2, -0.15) is 0 Å². The van der Waals surface area contributed by atoms with E-state index in [9.17, 15) is 18.2 Å². The van der Waals surface area contributed by atoms with Gasteiger partial charge in [0, 0.05) is 17.5 Å². The topological polar surface area (TPSA) is 112 Å². The number of halogens is 1. The van der Waals surface area contributed by atoms with Crippen molar-refractivity contribution >= 4 is 26.5 Å². The number of aromatic amines is 1. The highest BCUT2D eigenvalue weighted by atomic mass is 32.2. The number of amides is 1. The van der Waals surface area contributed by atoms with Gasteiger partial charge < -0.3 is 15.0 Å². The van der Waals surface area contributed by atoms with Crippen molar-refractivity contribution in [3.05, 3.63) is 81.7 Å². The molecule has 7 nitrogen and oxygen atoms in total. The smallest absolute Gasteiger partial charge is 0.261 e. The molecule has 3 rings (SSSR count). The van der Waals surface area contributed by atoms with E-state index in [2.05, 4.69) is 10.3 Å². The summed E-state index contributed by atoms with van der Waals surface area (Å²) in [6.07, 6.45) is 1.32. The number of nitrogens with one attached hydrogen (secondary N) is 3. The standard InChI is InChI=1S/C20H18FN3O4S/c1-28-18-8-7-14(12-16(18)21)29(22,27)10-4-9-23-19(25)15-11-13-5-2-3-6-17(13)24-20(15)26/h2-8,10-12,22H,9H2,1H3,(H,23,25)(H,24,26)/b10-4+.